The van der Waals surface area contributed by atoms with Crippen molar-refractivity contribution in [3.05, 3.63) is 24.4 Å². The quantitative estimate of drug-likeness (QED) is 0.569. The van der Waals surface area contributed by atoms with Gasteiger partial charge in [0.2, 0.25) is 0 Å². The van der Waals surface area contributed by atoms with E-state index in [0.717, 1.165) is 19.5 Å². The van der Waals surface area contributed by atoms with E-state index in [-0.39, 0.29) is 0 Å². The molecule has 1 heterocycles. The molecule has 1 rings (SSSR count). The van der Waals surface area contributed by atoms with E-state index < -0.39 is 0 Å². The molecule has 0 saturated heterocycles. The van der Waals surface area contributed by atoms with Crippen LogP contribution in [0.1, 0.15) is 12.8 Å². The lowest BCUT2D eigenvalue weighted by atomic mass is 10.3. The fourth-order valence-corrected chi connectivity index (χ4v) is 1.03. The van der Waals surface area contributed by atoms with Gasteiger partial charge in [0, 0.05) is 19.5 Å². The van der Waals surface area contributed by atoms with E-state index in [1.807, 2.05) is 12.2 Å². The molecule has 0 aromatic rings. The highest BCUT2D eigenvalue weighted by molar-refractivity contribution is 5.08. The molecule has 0 aromatic heterocycles. The average Bonchev–Trinajstić information content (AvgIpc) is 2.07. The van der Waals surface area contributed by atoms with E-state index in [2.05, 4.69) is 23.2 Å². The lowest BCUT2D eigenvalue weighted by molar-refractivity contribution is 0.405. The standard InChI is InChI=1S/C9H12N2/c10-6-2-5-9-11-7-3-1-4-8-11/h1,3-4,7H,2,5,8-9H2. The number of hydrogen-bond acceptors (Lipinski definition) is 2. The van der Waals surface area contributed by atoms with E-state index >= 15 is 0 Å². The second-order valence-corrected chi connectivity index (χ2v) is 2.53. The number of hydrogen-bond donors (Lipinski definition) is 0. The normalized spacial score (nSPS) is 15.0. The van der Waals surface area contributed by atoms with Gasteiger partial charge in [-0.2, -0.15) is 5.26 Å². The van der Waals surface area contributed by atoms with Crippen molar-refractivity contribution in [2.45, 2.75) is 12.8 Å². The predicted molar refractivity (Wildman–Crippen MR) is 44.7 cm³/mol. The first-order chi connectivity index (χ1) is 5.43. The van der Waals surface area contributed by atoms with Crippen LogP contribution in [0.5, 0.6) is 0 Å². The minimum Gasteiger partial charge on any atom is -0.374 e. The minimum atomic E-state index is 0.661. The van der Waals surface area contributed by atoms with Crippen LogP contribution in [-0.4, -0.2) is 18.0 Å². The fraction of sp³-hybridized carbons (Fsp3) is 0.444. The molecule has 0 spiro atoms. The summed E-state index contributed by atoms with van der Waals surface area (Å²) < 4.78 is 0. The molecule has 0 fully saturated rings. The zero-order chi connectivity index (χ0) is 7.94. The molecule has 2 nitrogen and oxygen atoms in total. The first-order valence-electron chi connectivity index (χ1n) is 3.88. The largest absolute Gasteiger partial charge is 0.374 e. The van der Waals surface area contributed by atoms with Crippen LogP contribution in [0, 0.1) is 11.3 Å². The molecule has 1 aliphatic heterocycles. The Balaban J connectivity index is 2.13. The van der Waals surface area contributed by atoms with Gasteiger partial charge >= 0.3 is 0 Å². The Morgan fingerprint density at radius 1 is 1.45 bits per heavy atom. The molecule has 0 atom stereocenters. The van der Waals surface area contributed by atoms with Crippen LogP contribution in [0.4, 0.5) is 0 Å². The first-order valence-corrected chi connectivity index (χ1v) is 3.88. The van der Waals surface area contributed by atoms with Gasteiger partial charge in [0.05, 0.1) is 6.07 Å². The van der Waals surface area contributed by atoms with Crippen molar-refractivity contribution in [3.8, 4) is 6.07 Å². The highest BCUT2D eigenvalue weighted by Crippen LogP contribution is 2.00. The third-order valence-electron chi connectivity index (χ3n) is 1.62. The number of rotatable bonds is 3. The summed E-state index contributed by atoms with van der Waals surface area (Å²) in [5.41, 5.74) is 0. The predicted octanol–water partition coefficient (Wildman–Crippen LogP) is 1.68. The lowest BCUT2D eigenvalue weighted by Crippen LogP contribution is -2.19. The van der Waals surface area contributed by atoms with E-state index in [0.29, 0.717) is 6.42 Å². The van der Waals surface area contributed by atoms with Crippen LogP contribution in [0.25, 0.3) is 0 Å². The summed E-state index contributed by atoms with van der Waals surface area (Å²) in [5, 5.41) is 8.30. The molecule has 2 heteroatoms. The number of nitrogens with zero attached hydrogens (tertiary/aromatic N) is 2. The molecule has 1 aliphatic rings. The lowest BCUT2D eigenvalue weighted by Gasteiger charge is -2.19. The summed E-state index contributed by atoms with van der Waals surface area (Å²) >= 11 is 0. The SMILES string of the molecule is N#CCCCN1C=CC=CC1. The average molecular weight is 148 g/mol. The van der Waals surface area contributed by atoms with Crippen molar-refractivity contribution in [1.82, 2.24) is 4.90 Å². The molecular weight excluding hydrogens is 136 g/mol. The molecule has 0 amide bonds. The molecule has 0 saturated carbocycles. The molecule has 58 valence electrons. The first kappa shape index (κ1) is 7.87. The summed E-state index contributed by atoms with van der Waals surface area (Å²) in [6, 6.07) is 2.14. The summed E-state index contributed by atoms with van der Waals surface area (Å²) in [6.45, 7) is 1.98. The summed E-state index contributed by atoms with van der Waals surface area (Å²) in [5.74, 6) is 0. The van der Waals surface area contributed by atoms with Crippen LogP contribution in [-0.2, 0) is 0 Å². The van der Waals surface area contributed by atoms with Gasteiger partial charge in [-0.25, -0.2) is 0 Å². The van der Waals surface area contributed by atoms with Crippen molar-refractivity contribution in [1.29, 1.82) is 5.26 Å². The zero-order valence-corrected chi connectivity index (χ0v) is 6.53. The Bertz CT molecular complexity index is 198. The minimum absolute atomic E-state index is 0.661. The molecule has 0 unspecified atom stereocenters. The maximum absolute atomic E-state index is 8.30. The van der Waals surface area contributed by atoms with Gasteiger partial charge in [-0.1, -0.05) is 12.2 Å². The van der Waals surface area contributed by atoms with Crippen molar-refractivity contribution in [2.24, 2.45) is 0 Å². The Kier molecular flexibility index (Phi) is 3.27. The van der Waals surface area contributed by atoms with Gasteiger partial charge in [0.15, 0.2) is 0 Å². The van der Waals surface area contributed by atoms with Gasteiger partial charge in [-0.3, -0.25) is 0 Å². The fourth-order valence-electron chi connectivity index (χ4n) is 1.03. The second kappa shape index (κ2) is 4.56. The van der Waals surface area contributed by atoms with Crippen molar-refractivity contribution in [3.63, 3.8) is 0 Å². The van der Waals surface area contributed by atoms with Crippen LogP contribution in [0.3, 0.4) is 0 Å². The number of nitriles is 1. The third kappa shape index (κ3) is 2.90. The van der Waals surface area contributed by atoms with Crippen LogP contribution in [0.15, 0.2) is 24.4 Å². The Morgan fingerprint density at radius 3 is 3.00 bits per heavy atom. The Labute approximate surface area is 67.4 Å². The van der Waals surface area contributed by atoms with Gasteiger partial charge in [0.1, 0.15) is 0 Å². The summed E-state index contributed by atoms with van der Waals surface area (Å²) in [4.78, 5) is 2.21. The van der Waals surface area contributed by atoms with Gasteiger partial charge < -0.3 is 4.90 Å². The van der Waals surface area contributed by atoms with Gasteiger partial charge in [-0.05, 0) is 18.7 Å². The topological polar surface area (TPSA) is 27.0 Å². The smallest absolute Gasteiger partial charge is 0.0622 e. The van der Waals surface area contributed by atoms with E-state index in [4.69, 9.17) is 5.26 Å². The van der Waals surface area contributed by atoms with Crippen molar-refractivity contribution < 1.29 is 0 Å². The van der Waals surface area contributed by atoms with Crippen molar-refractivity contribution >= 4 is 0 Å². The van der Waals surface area contributed by atoms with Crippen molar-refractivity contribution in [2.75, 3.05) is 13.1 Å². The molecule has 0 aliphatic carbocycles. The highest BCUT2D eigenvalue weighted by atomic mass is 15.1. The molecular formula is C9H12N2. The maximum Gasteiger partial charge on any atom is 0.0622 e. The number of allylic oxidation sites excluding steroid dienone is 2. The molecule has 0 N–H and O–H groups in total. The molecule has 0 radical (unpaired) electrons. The summed E-state index contributed by atoms with van der Waals surface area (Å²) in [7, 11) is 0. The molecule has 0 bridgehead atoms. The Hall–Kier alpha value is -1.23. The Morgan fingerprint density at radius 2 is 2.36 bits per heavy atom. The van der Waals surface area contributed by atoms with Crippen LogP contribution in [0.2, 0.25) is 0 Å². The maximum atomic E-state index is 8.30. The van der Waals surface area contributed by atoms with Crippen LogP contribution >= 0.6 is 0 Å². The number of unbranched alkanes of at least 4 members (excludes halogenated alkanes) is 1. The molecule has 0 aromatic carbocycles. The van der Waals surface area contributed by atoms with E-state index in [1.54, 1.807) is 0 Å². The van der Waals surface area contributed by atoms with E-state index in [1.165, 1.54) is 0 Å². The van der Waals surface area contributed by atoms with E-state index in [9.17, 15) is 0 Å². The summed E-state index contributed by atoms with van der Waals surface area (Å²) in [6.07, 6.45) is 9.88. The van der Waals surface area contributed by atoms with Gasteiger partial charge in [0.25, 0.3) is 0 Å². The van der Waals surface area contributed by atoms with Gasteiger partial charge in [-0.15, -0.1) is 0 Å². The zero-order valence-electron chi connectivity index (χ0n) is 6.53. The molecule has 11 heavy (non-hydrogen) atoms. The second-order valence-electron chi connectivity index (χ2n) is 2.53. The third-order valence-corrected chi connectivity index (χ3v) is 1.62. The highest BCUT2D eigenvalue weighted by Gasteiger charge is 1.97. The van der Waals surface area contributed by atoms with Crippen LogP contribution < -0.4 is 0 Å². The monoisotopic (exact) mass is 148 g/mol.